The van der Waals surface area contributed by atoms with E-state index in [4.69, 9.17) is 4.74 Å². The quantitative estimate of drug-likeness (QED) is 0.727. The average Bonchev–Trinajstić information content (AvgIpc) is 3.34. The molecule has 1 amide bonds. The third kappa shape index (κ3) is 4.22. The number of nitrogens with one attached hydrogen (secondary N) is 1. The van der Waals surface area contributed by atoms with E-state index in [0.29, 0.717) is 5.92 Å². The van der Waals surface area contributed by atoms with Gasteiger partial charge >= 0.3 is 0 Å². The maximum atomic E-state index is 12.0. The maximum Gasteiger partial charge on any atom is 0.227 e. The summed E-state index contributed by atoms with van der Waals surface area (Å²) >= 11 is 0. The van der Waals surface area contributed by atoms with Crippen molar-refractivity contribution in [1.29, 1.82) is 0 Å². The molecule has 0 aromatic heterocycles. The van der Waals surface area contributed by atoms with Gasteiger partial charge in [-0.25, -0.2) is 0 Å². The van der Waals surface area contributed by atoms with E-state index in [1.165, 1.54) is 5.56 Å². The molecule has 0 radical (unpaired) electrons. The molecule has 1 aliphatic carbocycles. The highest BCUT2D eigenvalue weighted by molar-refractivity contribution is 5.94. The Bertz CT molecular complexity index is 732. The Balaban J connectivity index is 1.60. The summed E-state index contributed by atoms with van der Waals surface area (Å²) in [5, 5.41) is 2.96. The third-order valence-electron chi connectivity index (χ3n) is 5.32. The summed E-state index contributed by atoms with van der Waals surface area (Å²) < 4.78 is 5.90. The van der Waals surface area contributed by atoms with Gasteiger partial charge in [-0.2, -0.15) is 0 Å². The fraction of sp³-hybridized carbons (Fsp3) is 0.409. The first-order valence-corrected chi connectivity index (χ1v) is 9.08. The summed E-state index contributed by atoms with van der Waals surface area (Å²) in [6.07, 6.45) is 2.10. The van der Waals surface area contributed by atoms with Crippen LogP contribution in [0.3, 0.4) is 0 Å². The Hall–Kier alpha value is -2.29. The number of hydrogen-bond donors (Lipinski definition) is 1. The van der Waals surface area contributed by atoms with Gasteiger partial charge in [-0.05, 0) is 66.1 Å². The number of ether oxygens (including phenoxy) is 1. The number of hydrogen-bond acceptors (Lipinski definition) is 2. The number of carbonyl (C=O) groups is 1. The lowest BCUT2D eigenvalue weighted by Gasteiger charge is -2.23. The van der Waals surface area contributed by atoms with Crippen LogP contribution in [0.15, 0.2) is 48.5 Å². The van der Waals surface area contributed by atoms with Gasteiger partial charge in [0.2, 0.25) is 5.91 Å². The van der Waals surface area contributed by atoms with Crippen LogP contribution in [-0.4, -0.2) is 5.91 Å². The number of amides is 1. The van der Waals surface area contributed by atoms with Crippen molar-refractivity contribution in [3.05, 3.63) is 54.1 Å². The normalized spacial score (nSPS) is 19.4. The van der Waals surface area contributed by atoms with Gasteiger partial charge in [0.15, 0.2) is 0 Å². The first-order chi connectivity index (χ1) is 11.9. The molecule has 0 unspecified atom stereocenters. The first kappa shape index (κ1) is 17.5. The van der Waals surface area contributed by atoms with E-state index in [0.717, 1.165) is 30.0 Å². The zero-order chi connectivity index (χ0) is 18.0. The predicted octanol–water partition coefficient (Wildman–Crippen LogP) is 5.76. The van der Waals surface area contributed by atoms with Crippen LogP contribution in [0.1, 0.15) is 46.1 Å². The molecular weight excluding hydrogens is 310 g/mol. The lowest BCUT2D eigenvalue weighted by Crippen LogP contribution is -2.14. The van der Waals surface area contributed by atoms with Gasteiger partial charge in [-0.1, -0.05) is 39.8 Å². The van der Waals surface area contributed by atoms with E-state index in [9.17, 15) is 4.79 Å². The molecule has 1 saturated carbocycles. The number of anilines is 1. The van der Waals surface area contributed by atoms with Crippen molar-refractivity contribution < 1.29 is 9.53 Å². The Morgan fingerprint density at radius 1 is 1.08 bits per heavy atom. The van der Waals surface area contributed by atoms with Crippen LogP contribution in [0.5, 0.6) is 11.5 Å². The van der Waals surface area contributed by atoms with Crippen LogP contribution in [0.25, 0.3) is 0 Å². The standard InChI is InChI=1S/C22H27NO2/c1-5-22(3,4)16-6-10-18(11-7-16)25-19-12-8-17(9-13-19)23-21(24)20-14-15(20)2/h6-13,15,20H,5,14H2,1-4H3,(H,23,24)/t15-,20+/m1/s1. The van der Waals surface area contributed by atoms with E-state index < -0.39 is 0 Å². The highest BCUT2D eigenvalue weighted by Crippen LogP contribution is 2.38. The van der Waals surface area contributed by atoms with Crippen LogP contribution >= 0.6 is 0 Å². The fourth-order valence-corrected chi connectivity index (χ4v) is 2.84. The Kier molecular flexibility index (Phi) is 4.85. The molecule has 2 atom stereocenters. The van der Waals surface area contributed by atoms with Crippen molar-refractivity contribution in [2.45, 2.75) is 46.0 Å². The van der Waals surface area contributed by atoms with Crippen LogP contribution < -0.4 is 10.1 Å². The van der Waals surface area contributed by atoms with Crippen LogP contribution in [0.4, 0.5) is 5.69 Å². The second kappa shape index (κ2) is 6.91. The van der Waals surface area contributed by atoms with Gasteiger partial charge in [0.1, 0.15) is 11.5 Å². The molecule has 0 bridgehead atoms. The largest absolute Gasteiger partial charge is 0.457 e. The number of carbonyl (C=O) groups excluding carboxylic acids is 1. The Labute approximate surface area is 150 Å². The Morgan fingerprint density at radius 3 is 2.08 bits per heavy atom. The molecular formula is C22H27NO2. The van der Waals surface area contributed by atoms with Crippen LogP contribution in [0.2, 0.25) is 0 Å². The summed E-state index contributed by atoms with van der Waals surface area (Å²) in [5.41, 5.74) is 2.31. The zero-order valence-corrected chi connectivity index (χ0v) is 15.5. The van der Waals surface area contributed by atoms with E-state index in [1.54, 1.807) is 0 Å². The lowest BCUT2D eigenvalue weighted by molar-refractivity contribution is -0.117. The topological polar surface area (TPSA) is 38.3 Å². The molecule has 1 aliphatic rings. The molecule has 0 aliphatic heterocycles. The highest BCUT2D eigenvalue weighted by Gasteiger charge is 2.39. The SMILES string of the molecule is CCC(C)(C)c1ccc(Oc2ccc(NC(=O)[C@H]3C[C@H]3C)cc2)cc1. The maximum absolute atomic E-state index is 12.0. The molecule has 2 aromatic rings. The molecule has 0 spiro atoms. The van der Waals surface area contributed by atoms with Crippen LogP contribution in [-0.2, 0) is 10.2 Å². The van der Waals surface area contributed by atoms with Gasteiger partial charge in [0.05, 0.1) is 0 Å². The molecule has 1 N–H and O–H groups in total. The molecule has 132 valence electrons. The third-order valence-corrected chi connectivity index (χ3v) is 5.32. The van der Waals surface area contributed by atoms with E-state index in [2.05, 4.69) is 45.1 Å². The fourth-order valence-electron chi connectivity index (χ4n) is 2.84. The minimum atomic E-state index is 0.121. The van der Waals surface area contributed by atoms with Crippen molar-refractivity contribution in [2.75, 3.05) is 5.32 Å². The molecule has 3 heteroatoms. The molecule has 25 heavy (non-hydrogen) atoms. The van der Waals surface area contributed by atoms with Gasteiger partial charge < -0.3 is 10.1 Å². The van der Waals surface area contributed by atoms with Crippen molar-refractivity contribution in [2.24, 2.45) is 11.8 Å². The van der Waals surface area contributed by atoms with Crippen molar-refractivity contribution in [3.8, 4) is 11.5 Å². The van der Waals surface area contributed by atoms with E-state index in [1.807, 2.05) is 36.4 Å². The summed E-state index contributed by atoms with van der Waals surface area (Å²) in [5.74, 6) is 2.40. The van der Waals surface area contributed by atoms with Gasteiger partial charge in [-0.15, -0.1) is 0 Å². The summed E-state index contributed by atoms with van der Waals surface area (Å²) in [7, 11) is 0. The molecule has 0 heterocycles. The second-order valence-corrected chi connectivity index (χ2v) is 7.70. The number of benzene rings is 2. The van der Waals surface area contributed by atoms with Crippen molar-refractivity contribution >= 4 is 11.6 Å². The van der Waals surface area contributed by atoms with E-state index in [-0.39, 0.29) is 17.2 Å². The van der Waals surface area contributed by atoms with Crippen molar-refractivity contribution in [3.63, 3.8) is 0 Å². The molecule has 3 rings (SSSR count). The average molecular weight is 337 g/mol. The Morgan fingerprint density at radius 2 is 1.60 bits per heavy atom. The first-order valence-electron chi connectivity index (χ1n) is 9.08. The summed E-state index contributed by atoms with van der Waals surface area (Å²) in [6.45, 7) is 8.80. The molecule has 1 fully saturated rings. The number of rotatable bonds is 6. The summed E-state index contributed by atoms with van der Waals surface area (Å²) in [4.78, 5) is 12.0. The predicted molar refractivity (Wildman–Crippen MR) is 102 cm³/mol. The van der Waals surface area contributed by atoms with Crippen molar-refractivity contribution in [1.82, 2.24) is 0 Å². The smallest absolute Gasteiger partial charge is 0.227 e. The molecule has 3 nitrogen and oxygen atoms in total. The monoisotopic (exact) mass is 337 g/mol. The molecule has 2 aromatic carbocycles. The highest BCUT2D eigenvalue weighted by atomic mass is 16.5. The second-order valence-electron chi connectivity index (χ2n) is 7.70. The van der Waals surface area contributed by atoms with E-state index >= 15 is 0 Å². The minimum absolute atomic E-state index is 0.121. The lowest BCUT2D eigenvalue weighted by atomic mass is 9.82. The van der Waals surface area contributed by atoms with Gasteiger partial charge in [0, 0.05) is 11.6 Å². The minimum Gasteiger partial charge on any atom is -0.457 e. The van der Waals surface area contributed by atoms with Gasteiger partial charge in [0.25, 0.3) is 0 Å². The molecule has 0 saturated heterocycles. The van der Waals surface area contributed by atoms with Gasteiger partial charge in [-0.3, -0.25) is 4.79 Å². The zero-order valence-electron chi connectivity index (χ0n) is 15.5. The van der Waals surface area contributed by atoms with Crippen LogP contribution in [0, 0.1) is 11.8 Å². The summed E-state index contributed by atoms with van der Waals surface area (Å²) in [6, 6.07) is 15.8.